The highest BCUT2D eigenvalue weighted by Gasteiger charge is 2.35. The first kappa shape index (κ1) is 18.5. The van der Waals surface area contributed by atoms with Crippen molar-refractivity contribution in [3.05, 3.63) is 48.3 Å². The maximum Gasteiger partial charge on any atom is 0.220 e. The number of hydrogen-bond donors (Lipinski definition) is 1. The quantitative estimate of drug-likeness (QED) is 0.809. The molecular weight excluding hydrogens is 330 g/mol. The third-order valence-corrected chi connectivity index (χ3v) is 4.82. The number of imidazole rings is 1. The molecule has 0 aromatic carbocycles. The number of nitrogens with zero attached hydrogens (tertiary/aromatic N) is 4. The van der Waals surface area contributed by atoms with Gasteiger partial charge in [-0.15, -0.1) is 0 Å². The van der Waals surface area contributed by atoms with Crippen LogP contribution in [-0.2, 0) is 23.0 Å². The van der Waals surface area contributed by atoms with Crippen LogP contribution in [0.4, 0.5) is 0 Å². The van der Waals surface area contributed by atoms with Crippen molar-refractivity contribution in [3.8, 4) is 0 Å². The maximum absolute atomic E-state index is 12.2. The van der Waals surface area contributed by atoms with E-state index in [9.17, 15) is 4.79 Å². The lowest BCUT2D eigenvalue weighted by atomic mass is 10.1. The summed E-state index contributed by atoms with van der Waals surface area (Å²) in [5.74, 6) is 0.991. The number of morpholine rings is 1. The molecule has 1 aliphatic rings. The Morgan fingerprint density at radius 2 is 2.23 bits per heavy atom. The number of pyridine rings is 1. The normalized spacial score (nSPS) is 20.8. The van der Waals surface area contributed by atoms with E-state index in [1.807, 2.05) is 36.0 Å². The first-order valence-corrected chi connectivity index (χ1v) is 9.18. The number of ether oxygens (including phenoxy) is 1. The lowest BCUT2D eigenvalue weighted by Gasteiger charge is -2.40. The van der Waals surface area contributed by atoms with Crippen LogP contribution in [0, 0.1) is 0 Å². The van der Waals surface area contributed by atoms with Crippen molar-refractivity contribution in [2.75, 3.05) is 26.2 Å². The molecule has 1 N–H and O–H groups in total. The molecule has 7 heteroatoms. The van der Waals surface area contributed by atoms with Gasteiger partial charge in [0, 0.05) is 50.8 Å². The van der Waals surface area contributed by atoms with Crippen LogP contribution in [0.2, 0.25) is 0 Å². The molecule has 1 aliphatic heterocycles. The van der Waals surface area contributed by atoms with Gasteiger partial charge >= 0.3 is 0 Å². The first-order chi connectivity index (χ1) is 12.7. The van der Waals surface area contributed by atoms with E-state index >= 15 is 0 Å². The molecule has 0 bridgehead atoms. The molecule has 1 saturated heterocycles. The van der Waals surface area contributed by atoms with Crippen LogP contribution in [0.15, 0.2) is 36.8 Å². The van der Waals surface area contributed by atoms with Gasteiger partial charge in [-0.3, -0.25) is 14.7 Å². The number of aryl methyl sites for hydroxylation is 2. The predicted octanol–water partition coefficient (Wildman–Crippen LogP) is 1.33. The SMILES string of the molecule is CCN1CCO[C@@H](CNC(=O)CCc2ccccn2)[C@@H]1c1nccn1C. The number of hydrogen-bond acceptors (Lipinski definition) is 5. The fourth-order valence-corrected chi connectivity index (χ4v) is 3.39. The highest BCUT2D eigenvalue weighted by atomic mass is 16.5. The maximum atomic E-state index is 12.2. The first-order valence-electron chi connectivity index (χ1n) is 9.18. The Labute approximate surface area is 154 Å². The fourth-order valence-electron chi connectivity index (χ4n) is 3.39. The van der Waals surface area contributed by atoms with Crippen LogP contribution >= 0.6 is 0 Å². The topological polar surface area (TPSA) is 72.3 Å². The molecule has 26 heavy (non-hydrogen) atoms. The molecule has 7 nitrogen and oxygen atoms in total. The van der Waals surface area contributed by atoms with Gasteiger partial charge in [0.15, 0.2) is 0 Å². The Balaban J connectivity index is 1.58. The molecule has 0 saturated carbocycles. The van der Waals surface area contributed by atoms with Crippen molar-refractivity contribution in [3.63, 3.8) is 0 Å². The Kier molecular flexibility index (Phi) is 6.35. The molecule has 140 valence electrons. The zero-order chi connectivity index (χ0) is 18.4. The molecule has 1 fully saturated rings. The van der Waals surface area contributed by atoms with Gasteiger partial charge in [-0.2, -0.15) is 0 Å². The molecule has 2 aromatic rings. The van der Waals surface area contributed by atoms with Gasteiger partial charge in [-0.1, -0.05) is 13.0 Å². The van der Waals surface area contributed by atoms with E-state index < -0.39 is 0 Å². The summed E-state index contributed by atoms with van der Waals surface area (Å²) in [5.41, 5.74) is 0.930. The van der Waals surface area contributed by atoms with Crippen molar-refractivity contribution >= 4 is 5.91 Å². The molecule has 3 heterocycles. The molecule has 1 amide bonds. The van der Waals surface area contributed by atoms with E-state index in [4.69, 9.17) is 4.74 Å². The average molecular weight is 357 g/mol. The highest BCUT2D eigenvalue weighted by molar-refractivity contribution is 5.76. The minimum Gasteiger partial charge on any atom is -0.373 e. The molecule has 3 rings (SSSR count). The van der Waals surface area contributed by atoms with Crippen LogP contribution in [0.25, 0.3) is 0 Å². The summed E-state index contributed by atoms with van der Waals surface area (Å²) >= 11 is 0. The zero-order valence-corrected chi connectivity index (χ0v) is 15.5. The minimum absolute atomic E-state index is 0.0199. The van der Waals surface area contributed by atoms with Gasteiger partial charge < -0.3 is 14.6 Å². The number of carbonyl (C=O) groups excluding carboxylic acids is 1. The van der Waals surface area contributed by atoms with Gasteiger partial charge in [0.2, 0.25) is 5.91 Å². The highest BCUT2D eigenvalue weighted by Crippen LogP contribution is 2.27. The molecule has 0 aliphatic carbocycles. The summed E-state index contributed by atoms with van der Waals surface area (Å²) < 4.78 is 8.02. The van der Waals surface area contributed by atoms with Gasteiger partial charge in [-0.25, -0.2) is 4.98 Å². The number of aromatic nitrogens is 3. The van der Waals surface area contributed by atoms with Crippen LogP contribution in [0.5, 0.6) is 0 Å². The predicted molar refractivity (Wildman–Crippen MR) is 98.5 cm³/mol. The molecule has 2 aromatic heterocycles. The second-order valence-electron chi connectivity index (χ2n) is 6.50. The number of carbonyl (C=O) groups is 1. The lowest BCUT2D eigenvalue weighted by Crippen LogP contribution is -2.50. The smallest absolute Gasteiger partial charge is 0.220 e. The number of likely N-dealkylation sites (N-methyl/N-ethyl adjacent to an activating group) is 1. The van der Waals surface area contributed by atoms with E-state index in [1.54, 1.807) is 12.4 Å². The van der Waals surface area contributed by atoms with Crippen molar-refractivity contribution < 1.29 is 9.53 Å². The Bertz CT molecular complexity index is 703. The standard InChI is InChI=1S/C19H27N5O2/c1-3-24-12-13-26-16(18(24)19-21-10-11-23(19)2)14-22-17(25)8-7-15-6-4-5-9-20-15/h4-6,9-11,16,18H,3,7-8,12-14H2,1-2H3,(H,22,25)/t16-,18+/m0/s1. The Morgan fingerprint density at radius 1 is 1.35 bits per heavy atom. The largest absolute Gasteiger partial charge is 0.373 e. The van der Waals surface area contributed by atoms with Crippen molar-refractivity contribution in [1.82, 2.24) is 24.8 Å². The summed E-state index contributed by atoms with van der Waals surface area (Å²) in [6.45, 7) is 5.09. The summed E-state index contributed by atoms with van der Waals surface area (Å²) in [5, 5.41) is 3.02. The molecule has 0 unspecified atom stereocenters. The van der Waals surface area contributed by atoms with E-state index in [0.717, 1.165) is 24.6 Å². The van der Waals surface area contributed by atoms with Gasteiger partial charge in [0.05, 0.1) is 18.8 Å². The molecule has 0 radical (unpaired) electrons. The van der Waals surface area contributed by atoms with Crippen LogP contribution < -0.4 is 5.32 Å². The van der Waals surface area contributed by atoms with Crippen molar-refractivity contribution in [2.24, 2.45) is 7.05 Å². The van der Waals surface area contributed by atoms with E-state index in [-0.39, 0.29) is 18.1 Å². The summed E-state index contributed by atoms with van der Waals surface area (Å²) in [7, 11) is 1.99. The van der Waals surface area contributed by atoms with E-state index in [2.05, 4.69) is 27.1 Å². The Hall–Kier alpha value is -2.25. The fraction of sp³-hybridized carbons (Fsp3) is 0.526. The van der Waals surface area contributed by atoms with E-state index in [1.165, 1.54) is 0 Å². The second kappa shape index (κ2) is 8.91. The van der Waals surface area contributed by atoms with Crippen LogP contribution in [0.3, 0.4) is 0 Å². The van der Waals surface area contributed by atoms with Gasteiger partial charge in [-0.05, 0) is 25.1 Å². The third kappa shape index (κ3) is 4.47. The summed E-state index contributed by atoms with van der Waals surface area (Å²) in [6, 6.07) is 5.80. The molecular formula is C19H27N5O2. The van der Waals surface area contributed by atoms with Crippen molar-refractivity contribution in [1.29, 1.82) is 0 Å². The zero-order valence-electron chi connectivity index (χ0n) is 15.5. The average Bonchev–Trinajstić information content (AvgIpc) is 3.10. The van der Waals surface area contributed by atoms with Gasteiger partial charge in [0.1, 0.15) is 5.82 Å². The molecule has 2 atom stereocenters. The van der Waals surface area contributed by atoms with Crippen LogP contribution in [-0.4, -0.2) is 57.7 Å². The van der Waals surface area contributed by atoms with Crippen molar-refractivity contribution in [2.45, 2.75) is 31.9 Å². The van der Waals surface area contributed by atoms with Gasteiger partial charge in [0.25, 0.3) is 0 Å². The Morgan fingerprint density at radius 3 is 2.92 bits per heavy atom. The summed E-state index contributed by atoms with van der Waals surface area (Å²) in [4.78, 5) is 23.4. The second-order valence-corrected chi connectivity index (χ2v) is 6.50. The third-order valence-electron chi connectivity index (χ3n) is 4.82. The molecule has 0 spiro atoms. The van der Waals surface area contributed by atoms with E-state index in [0.29, 0.717) is 26.0 Å². The number of nitrogens with one attached hydrogen (secondary N) is 1. The number of amides is 1. The minimum atomic E-state index is -0.108. The summed E-state index contributed by atoms with van der Waals surface area (Å²) in [6.07, 6.45) is 6.46. The van der Waals surface area contributed by atoms with Crippen LogP contribution in [0.1, 0.15) is 30.9 Å². The monoisotopic (exact) mass is 357 g/mol. The number of rotatable bonds is 7. The lowest BCUT2D eigenvalue weighted by molar-refractivity contribution is -0.123.